The normalized spacial score (nSPS) is 19.7. The number of anilines is 1. The van der Waals surface area contributed by atoms with Crippen LogP contribution in [-0.2, 0) is 36.1 Å². The van der Waals surface area contributed by atoms with Crippen LogP contribution in [0.4, 0.5) is 9.93 Å². The van der Waals surface area contributed by atoms with Gasteiger partial charge in [-0.2, -0.15) is 13.1 Å². The van der Waals surface area contributed by atoms with Gasteiger partial charge in [-0.1, -0.05) is 5.16 Å². The van der Waals surface area contributed by atoms with Gasteiger partial charge in [-0.3, -0.25) is 18.9 Å². The number of carboxylic acids is 1. The third kappa shape index (κ3) is 6.73. The molecular weight excluding hydrogens is 630 g/mol. The van der Waals surface area contributed by atoms with Gasteiger partial charge in [0.05, 0.1) is 30.4 Å². The summed E-state index contributed by atoms with van der Waals surface area (Å²) in [6.45, 7) is -0.995. The largest absolute Gasteiger partial charge is 0.503 e. The molecule has 1 aliphatic heterocycles. The topological polar surface area (TPSA) is 293 Å². The first kappa shape index (κ1) is 32.2. The fraction of sp³-hybridized carbons (Fsp3) is 0.435. The van der Waals surface area contributed by atoms with E-state index in [1.807, 2.05) is 0 Å². The number of nitrogens with zero attached hydrogens (tertiary/aromatic N) is 4. The highest BCUT2D eigenvalue weighted by atomic mass is 32.2. The number of urea groups is 1. The number of Topliss-reactive ketones (excluding diaryl/α,β-unsaturated/α-hetero) is 1. The molecule has 1 aliphatic carbocycles. The van der Waals surface area contributed by atoms with Crippen LogP contribution >= 0.6 is 11.3 Å². The van der Waals surface area contributed by atoms with Crippen molar-refractivity contribution in [3.8, 4) is 5.75 Å². The number of aromatic nitrogens is 2. The van der Waals surface area contributed by atoms with Crippen LogP contribution in [-0.4, -0.2) is 90.0 Å². The Morgan fingerprint density at radius 2 is 1.91 bits per heavy atom. The smallest absolute Gasteiger partial charge is 0.362 e. The number of rotatable bonds is 12. The third-order valence-electron chi connectivity index (χ3n) is 7.09. The number of carboxylic acid groups (broad SMARTS) is 1. The van der Waals surface area contributed by atoms with Gasteiger partial charge in [-0.25, -0.2) is 18.9 Å². The van der Waals surface area contributed by atoms with Crippen molar-refractivity contribution in [1.29, 1.82) is 0 Å². The Morgan fingerprint density at radius 1 is 1.23 bits per heavy atom. The number of nitrogens with one attached hydrogen (secondary N) is 2. The number of aromatic hydroxyl groups is 1. The lowest BCUT2D eigenvalue weighted by Gasteiger charge is -2.44. The van der Waals surface area contributed by atoms with Gasteiger partial charge >= 0.3 is 22.3 Å². The zero-order chi connectivity index (χ0) is 32.4. The average molecular weight is 658 g/mol. The van der Waals surface area contributed by atoms with Crippen molar-refractivity contribution in [1.82, 2.24) is 24.7 Å². The predicted octanol–water partition coefficient (Wildman–Crippen LogP) is -0.964. The van der Waals surface area contributed by atoms with E-state index < -0.39 is 88.0 Å². The SMILES string of the molecule is Nc1nc(/C(=N/OC2(C(=O)O)CCCC2)C(=O)C[C@@H]2C(=O)N(S(=O)(=O)O)[C@@H]2CNC(=O)NCc2cc(=O)c(O)cn2O)cs1. The summed E-state index contributed by atoms with van der Waals surface area (Å²) in [5.74, 6) is -5.44. The molecule has 0 spiro atoms. The Labute approximate surface area is 251 Å². The molecule has 2 aliphatic rings. The van der Waals surface area contributed by atoms with Crippen molar-refractivity contribution in [2.24, 2.45) is 11.1 Å². The first-order valence-corrected chi connectivity index (χ1v) is 15.1. The van der Waals surface area contributed by atoms with Gasteiger partial charge in [0.2, 0.25) is 16.9 Å². The summed E-state index contributed by atoms with van der Waals surface area (Å²) in [6.07, 6.45) is 1.39. The van der Waals surface area contributed by atoms with E-state index in [0.717, 1.165) is 17.4 Å². The zero-order valence-electron chi connectivity index (χ0n) is 22.6. The molecule has 0 radical (unpaired) electrons. The van der Waals surface area contributed by atoms with E-state index in [9.17, 15) is 52.4 Å². The summed E-state index contributed by atoms with van der Waals surface area (Å²) in [5.41, 5.74) is 2.52. The maximum Gasteiger partial charge on any atom is 0.362 e. The fourth-order valence-electron chi connectivity index (χ4n) is 4.78. The number of carbonyl (C=O) groups is 4. The highest BCUT2D eigenvalue weighted by molar-refractivity contribution is 7.84. The Kier molecular flexibility index (Phi) is 9.11. The molecule has 2 aromatic rings. The number of ketones is 1. The molecule has 2 fully saturated rings. The number of amides is 3. The number of nitrogens with two attached hydrogens (primary N) is 1. The van der Waals surface area contributed by atoms with Crippen LogP contribution in [0.5, 0.6) is 5.75 Å². The number of carbonyl (C=O) groups excluding carboxylic acids is 3. The van der Waals surface area contributed by atoms with E-state index in [-0.39, 0.29) is 33.7 Å². The Bertz CT molecular complexity index is 1680. The van der Waals surface area contributed by atoms with Crippen molar-refractivity contribution < 1.29 is 52.4 Å². The Morgan fingerprint density at radius 3 is 2.50 bits per heavy atom. The predicted molar refractivity (Wildman–Crippen MR) is 148 cm³/mol. The summed E-state index contributed by atoms with van der Waals surface area (Å²) in [4.78, 5) is 71.3. The molecule has 3 heterocycles. The summed E-state index contributed by atoms with van der Waals surface area (Å²) in [7, 11) is -5.10. The molecule has 0 aromatic carbocycles. The van der Waals surface area contributed by atoms with Crippen LogP contribution < -0.4 is 21.8 Å². The molecule has 1 saturated heterocycles. The van der Waals surface area contributed by atoms with Crippen molar-refractivity contribution in [3.63, 3.8) is 0 Å². The fourth-order valence-corrected chi connectivity index (χ4v) is 6.25. The minimum Gasteiger partial charge on any atom is -0.503 e. The van der Waals surface area contributed by atoms with Crippen molar-refractivity contribution in [2.45, 2.75) is 50.3 Å². The van der Waals surface area contributed by atoms with Gasteiger partial charge in [-0.15, -0.1) is 11.3 Å². The molecule has 19 nitrogen and oxygen atoms in total. The number of thiazole rings is 1. The summed E-state index contributed by atoms with van der Waals surface area (Å²) in [6, 6.07) is -1.53. The Balaban J connectivity index is 1.49. The standard InChI is InChI=1S/C23H27N7O12S2/c24-21-27-13(10-43-21)18(28-42-23(20(35)36)3-1-2-4-23)16(32)6-12-14(30(19(12)34)44(39,40)41)8-26-22(37)25-7-11-5-15(31)17(33)9-29(11)38/h5,9-10,12,14,33,38H,1-4,6-8H2,(H2,24,27)(H,35,36)(H2,25,26,37)(H,39,40,41)/b28-18-/t12-,14+/m0/s1. The molecule has 238 valence electrons. The second-order valence-electron chi connectivity index (χ2n) is 9.94. The molecule has 8 N–H and O–H groups in total. The molecule has 0 bridgehead atoms. The number of aliphatic carboxylic acids is 1. The minimum absolute atomic E-state index is 0.0465. The van der Waals surface area contributed by atoms with Gasteiger partial charge in [-0.05, 0) is 12.8 Å². The van der Waals surface area contributed by atoms with Gasteiger partial charge in [0.1, 0.15) is 5.69 Å². The van der Waals surface area contributed by atoms with Crippen LogP contribution in [0.1, 0.15) is 43.5 Å². The second-order valence-corrected chi connectivity index (χ2v) is 12.1. The number of oxime groups is 1. The lowest BCUT2D eigenvalue weighted by Crippen LogP contribution is -2.66. The van der Waals surface area contributed by atoms with E-state index in [1.165, 1.54) is 5.38 Å². The van der Waals surface area contributed by atoms with Crippen molar-refractivity contribution >= 4 is 56.2 Å². The second kappa shape index (κ2) is 12.5. The lowest BCUT2D eigenvalue weighted by atomic mass is 9.84. The van der Waals surface area contributed by atoms with Crippen molar-refractivity contribution in [3.05, 3.63) is 39.3 Å². The monoisotopic (exact) mass is 657 g/mol. The molecule has 44 heavy (non-hydrogen) atoms. The van der Waals surface area contributed by atoms with Gasteiger partial charge in [0.15, 0.2) is 22.4 Å². The number of pyridine rings is 1. The number of nitrogen functional groups attached to an aromatic ring is 1. The molecule has 2 atom stereocenters. The van der Waals surface area contributed by atoms with Crippen LogP contribution in [0, 0.1) is 5.92 Å². The van der Waals surface area contributed by atoms with Gasteiger partial charge in [0.25, 0.3) is 0 Å². The molecular formula is C23H27N7O12S2. The summed E-state index contributed by atoms with van der Waals surface area (Å²) in [5, 5.41) is 38.5. The third-order valence-corrected chi connectivity index (χ3v) is 8.71. The number of hydrogen-bond donors (Lipinski definition) is 7. The summed E-state index contributed by atoms with van der Waals surface area (Å²) >= 11 is 0.947. The Hall–Kier alpha value is -4.76. The van der Waals surface area contributed by atoms with E-state index in [4.69, 9.17) is 10.6 Å². The summed E-state index contributed by atoms with van der Waals surface area (Å²) < 4.78 is 33.8. The van der Waals surface area contributed by atoms with E-state index in [0.29, 0.717) is 23.8 Å². The van der Waals surface area contributed by atoms with Crippen LogP contribution in [0.25, 0.3) is 0 Å². The van der Waals surface area contributed by atoms with Gasteiger partial charge in [0, 0.05) is 37.3 Å². The zero-order valence-corrected chi connectivity index (χ0v) is 24.2. The highest BCUT2D eigenvalue weighted by Crippen LogP contribution is 2.35. The molecule has 1 saturated carbocycles. The molecule has 3 amide bonds. The van der Waals surface area contributed by atoms with E-state index in [2.05, 4.69) is 20.8 Å². The van der Waals surface area contributed by atoms with E-state index in [1.54, 1.807) is 0 Å². The van der Waals surface area contributed by atoms with Crippen molar-refractivity contribution in [2.75, 3.05) is 12.3 Å². The number of hydrogen-bond acceptors (Lipinski definition) is 14. The lowest BCUT2D eigenvalue weighted by molar-refractivity contribution is -0.165. The van der Waals surface area contributed by atoms with Gasteiger partial charge < -0.3 is 36.6 Å². The quantitative estimate of drug-likeness (QED) is 0.0475. The van der Waals surface area contributed by atoms with Crippen LogP contribution in [0.2, 0.25) is 0 Å². The first-order valence-electron chi connectivity index (χ1n) is 12.8. The highest BCUT2D eigenvalue weighted by Gasteiger charge is 2.54. The van der Waals surface area contributed by atoms with E-state index >= 15 is 0 Å². The molecule has 2 aromatic heterocycles. The molecule has 4 rings (SSSR count). The molecule has 21 heteroatoms. The van der Waals surface area contributed by atoms with Crippen LogP contribution in [0.15, 0.2) is 27.6 Å². The molecule has 0 unspecified atom stereocenters. The van der Waals surface area contributed by atoms with Crippen LogP contribution in [0.3, 0.4) is 0 Å². The minimum atomic E-state index is -5.10. The maximum atomic E-state index is 13.4. The first-order chi connectivity index (χ1) is 20.6. The maximum absolute atomic E-state index is 13.4. The average Bonchev–Trinajstić information content (AvgIpc) is 3.60. The number of β-lactam (4-membered cyclic amide) rings is 1.